The highest BCUT2D eigenvalue weighted by Crippen LogP contribution is 2.25. The molecule has 0 bridgehead atoms. The molecule has 1 aromatic carbocycles. The summed E-state index contributed by atoms with van der Waals surface area (Å²) in [5.41, 5.74) is 4.59. The molecule has 0 aliphatic rings. The van der Waals surface area contributed by atoms with E-state index in [1.165, 1.54) is 11.3 Å². The third kappa shape index (κ3) is 5.12. The SMILES string of the molecule is C=C(/C=C(\Nc1ccccc1NC)C(C)C)CC(C)C. The molecular weight excluding hydrogens is 244 g/mol. The molecule has 0 atom stereocenters. The van der Waals surface area contributed by atoms with Crippen molar-refractivity contribution in [3.63, 3.8) is 0 Å². The van der Waals surface area contributed by atoms with Crippen molar-refractivity contribution in [2.24, 2.45) is 11.8 Å². The van der Waals surface area contributed by atoms with Gasteiger partial charge in [-0.15, -0.1) is 0 Å². The highest BCUT2D eigenvalue weighted by molar-refractivity contribution is 5.70. The van der Waals surface area contributed by atoms with Crippen LogP contribution in [0.25, 0.3) is 0 Å². The van der Waals surface area contributed by atoms with Crippen molar-refractivity contribution in [2.45, 2.75) is 34.1 Å². The van der Waals surface area contributed by atoms with Crippen molar-refractivity contribution >= 4 is 11.4 Å². The Hall–Kier alpha value is -1.70. The highest BCUT2D eigenvalue weighted by Gasteiger charge is 2.07. The second-order valence-corrected chi connectivity index (χ2v) is 5.93. The minimum atomic E-state index is 0.434. The van der Waals surface area contributed by atoms with Gasteiger partial charge in [0.2, 0.25) is 0 Å². The van der Waals surface area contributed by atoms with Crippen LogP contribution in [0.15, 0.2) is 48.2 Å². The molecule has 0 unspecified atom stereocenters. The molecule has 0 radical (unpaired) electrons. The summed E-state index contributed by atoms with van der Waals surface area (Å²) in [7, 11) is 1.94. The Morgan fingerprint density at radius 3 is 2.25 bits per heavy atom. The lowest BCUT2D eigenvalue weighted by Crippen LogP contribution is -2.08. The third-order valence-corrected chi connectivity index (χ3v) is 3.13. The molecule has 0 fully saturated rings. The van der Waals surface area contributed by atoms with Gasteiger partial charge in [-0.05, 0) is 36.5 Å². The summed E-state index contributed by atoms with van der Waals surface area (Å²) >= 11 is 0. The molecule has 0 aromatic heterocycles. The summed E-state index contributed by atoms with van der Waals surface area (Å²) in [6, 6.07) is 8.24. The van der Waals surface area contributed by atoms with Gasteiger partial charge >= 0.3 is 0 Å². The Balaban J connectivity index is 2.92. The van der Waals surface area contributed by atoms with Crippen LogP contribution in [-0.4, -0.2) is 7.05 Å². The standard InChI is InChI=1S/C18H28N2/c1-13(2)11-15(5)12-18(14(3)4)20-17-10-8-7-9-16(17)19-6/h7-10,12-14,19-20H,5,11H2,1-4,6H3/b18-12-. The van der Waals surface area contributed by atoms with E-state index in [-0.39, 0.29) is 0 Å². The van der Waals surface area contributed by atoms with E-state index in [0.29, 0.717) is 11.8 Å². The van der Waals surface area contributed by atoms with Crippen molar-refractivity contribution < 1.29 is 0 Å². The summed E-state index contributed by atoms with van der Waals surface area (Å²) in [6.07, 6.45) is 3.22. The molecule has 2 heteroatoms. The molecule has 0 aliphatic heterocycles. The largest absolute Gasteiger partial charge is 0.386 e. The lowest BCUT2D eigenvalue weighted by molar-refractivity contribution is 0.649. The van der Waals surface area contributed by atoms with Gasteiger partial charge in [-0.3, -0.25) is 0 Å². The first-order valence-electron chi connectivity index (χ1n) is 7.37. The Morgan fingerprint density at radius 1 is 1.15 bits per heavy atom. The van der Waals surface area contributed by atoms with Gasteiger partial charge in [-0.2, -0.15) is 0 Å². The second kappa shape index (κ2) is 7.78. The van der Waals surface area contributed by atoms with Crippen LogP contribution in [0.4, 0.5) is 11.4 Å². The molecule has 0 spiro atoms. The molecule has 1 rings (SSSR count). The first kappa shape index (κ1) is 16.4. The lowest BCUT2D eigenvalue weighted by Gasteiger charge is -2.18. The van der Waals surface area contributed by atoms with Crippen LogP contribution in [0.2, 0.25) is 0 Å². The van der Waals surface area contributed by atoms with E-state index in [1.54, 1.807) is 0 Å². The van der Waals surface area contributed by atoms with E-state index in [1.807, 2.05) is 19.2 Å². The van der Waals surface area contributed by atoms with Gasteiger partial charge in [0, 0.05) is 12.7 Å². The molecule has 0 saturated heterocycles. The number of benzene rings is 1. The van der Waals surface area contributed by atoms with Crippen LogP contribution < -0.4 is 10.6 Å². The smallest absolute Gasteiger partial charge is 0.0617 e. The van der Waals surface area contributed by atoms with Crippen LogP contribution in [0.5, 0.6) is 0 Å². The molecule has 2 nitrogen and oxygen atoms in total. The number of rotatable bonds is 7. The minimum Gasteiger partial charge on any atom is -0.386 e. The van der Waals surface area contributed by atoms with Gasteiger partial charge in [0.15, 0.2) is 0 Å². The van der Waals surface area contributed by atoms with Crippen molar-refractivity contribution in [1.82, 2.24) is 0 Å². The zero-order chi connectivity index (χ0) is 15.1. The zero-order valence-corrected chi connectivity index (χ0v) is 13.5. The van der Waals surface area contributed by atoms with Gasteiger partial charge in [0.05, 0.1) is 11.4 Å². The topological polar surface area (TPSA) is 24.1 Å². The molecule has 110 valence electrons. The van der Waals surface area contributed by atoms with E-state index >= 15 is 0 Å². The Kier molecular flexibility index (Phi) is 6.37. The van der Waals surface area contributed by atoms with E-state index in [0.717, 1.165) is 17.8 Å². The Bertz CT molecular complexity index is 470. The molecular formula is C18H28N2. The summed E-state index contributed by atoms with van der Waals surface area (Å²) in [4.78, 5) is 0. The fourth-order valence-corrected chi connectivity index (χ4v) is 2.12. The quantitative estimate of drug-likeness (QED) is 0.660. The molecule has 1 aromatic rings. The number of para-hydroxylation sites is 2. The maximum Gasteiger partial charge on any atom is 0.0617 e. The second-order valence-electron chi connectivity index (χ2n) is 5.93. The van der Waals surface area contributed by atoms with Crippen molar-refractivity contribution in [3.8, 4) is 0 Å². The molecule has 0 heterocycles. The maximum atomic E-state index is 4.17. The van der Waals surface area contributed by atoms with Gasteiger partial charge in [-0.1, -0.05) is 52.0 Å². The van der Waals surface area contributed by atoms with Crippen LogP contribution in [0.1, 0.15) is 34.1 Å². The fourth-order valence-electron chi connectivity index (χ4n) is 2.12. The number of allylic oxidation sites excluding steroid dienone is 3. The Labute approximate surface area is 124 Å². The lowest BCUT2D eigenvalue weighted by atomic mass is 10.0. The average molecular weight is 272 g/mol. The monoisotopic (exact) mass is 272 g/mol. The van der Waals surface area contributed by atoms with Gasteiger partial charge in [-0.25, -0.2) is 0 Å². The van der Waals surface area contributed by atoms with Crippen molar-refractivity contribution in [1.29, 1.82) is 0 Å². The predicted octanol–water partition coefficient (Wildman–Crippen LogP) is 5.28. The summed E-state index contributed by atoms with van der Waals surface area (Å²) in [6.45, 7) is 13.0. The zero-order valence-electron chi connectivity index (χ0n) is 13.5. The molecule has 0 aliphatic carbocycles. The summed E-state index contributed by atoms with van der Waals surface area (Å²) in [5.74, 6) is 1.07. The fraction of sp³-hybridized carbons (Fsp3) is 0.444. The first-order valence-corrected chi connectivity index (χ1v) is 7.37. The van der Waals surface area contributed by atoms with Crippen LogP contribution in [0, 0.1) is 11.8 Å². The minimum absolute atomic E-state index is 0.434. The van der Waals surface area contributed by atoms with Crippen LogP contribution in [0.3, 0.4) is 0 Å². The normalized spacial score (nSPS) is 11.8. The Morgan fingerprint density at radius 2 is 1.75 bits per heavy atom. The van der Waals surface area contributed by atoms with Gasteiger partial charge in [0.25, 0.3) is 0 Å². The molecule has 2 N–H and O–H groups in total. The third-order valence-electron chi connectivity index (χ3n) is 3.13. The van der Waals surface area contributed by atoms with Crippen molar-refractivity contribution in [2.75, 3.05) is 17.7 Å². The number of nitrogens with one attached hydrogen (secondary N) is 2. The van der Waals surface area contributed by atoms with E-state index < -0.39 is 0 Å². The van der Waals surface area contributed by atoms with E-state index in [4.69, 9.17) is 0 Å². The molecule has 0 saturated carbocycles. The summed E-state index contributed by atoms with van der Waals surface area (Å²) < 4.78 is 0. The maximum absolute atomic E-state index is 4.17. The van der Waals surface area contributed by atoms with Crippen molar-refractivity contribution in [3.05, 3.63) is 48.2 Å². The number of anilines is 2. The van der Waals surface area contributed by atoms with E-state index in [2.05, 4.69) is 63.1 Å². The average Bonchev–Trinajstić information content (AvgIpc) is 2.37. The van der Waals surface area contributed by atoms with E-state index in [9.17, 15) is 0 Å². The predicted molar refractivity (Wildman–Crippen MR) is 91.1 cm³/mol. The number of hydrogen-bond acceptors (Lipinski definition) is 2. The number of hydrogen-bond donors (Lipinski definition) is 2. The molecule has 20 heavy (non-hydrogen) atoms. The van der Waals surface area contributed by atoms with Gasteiger partial charge < -0.3 is 10.6 Å². The molecule has 0 amide bonds. The highest BCUT2D eigenvalue weighted by atomic mass is 14.9. The first-order chi connectivity index (χ1) is 9.43. The summed E-state index contributed by atoms with van der Waals surface area (Å²) in [5, 5.41) is 6.75. The van der Waals surface area contributed by atoms with Crippen LogP contribution in [-0.2, 0) is 0 Å². The van der Waals surface area contributed by atoms with Crippen LogP contribution >= 0.6 is 0 Å². The van der Waals surface area contributed by atoms with Gasteiger partial charge in [0.1, 0.15) is 0 Å².